The molecule has 0 amide bonds. The third-order valence-corrected chi connectivity index (χ3v) is 1.89. The van der Waals surface area contributed by atoms with Crippen molar-refractivity contribution in [1.82, 2.24) is 0 Å². The van der Waals surface area contributed by atoms with Crippen LogP contribution in [0.3, 0.4) is 0 Å². The maximum atomic E-state index is 13.5. The van der Waals surface area contributed by atoms with Crippen molar-refractivity contribution >= 4 is 18.4 Å². The number of ether oxygens (including phenoxy) is 2. The molecular formula is C10H12ClFO4. The predicted molar refractivity (Wildman–Crippen MR) is 58.1 cm³/mol. The van der Waals surface area contributed by atoms with Gasteiger partial charge in [0.25, 0.3) is 0 Å². The van der Waals surface area contributed by atoms with E-state index in [1.165, 1.54) is 26.4 Å². The molecule has 0 aliphatic rings. The Bertz CT molecular complexity index is 381. The molecule has 1 N–H and O–H groups in total. The van der Waals surface area contributed by atoms with Crippen LogP contribution in [-0.4, -0.2) is 25.3 Å². The molecule has 0 fully saturated rings. The van der Waals surface area contributed by atoms with Crippen LogP contribution in [0.25, 0.3) is 0 Å². The van der Waals surface area contributed by atoms with Crippen LogP contribution >= 0.6 is 12.4 Å². The number of rotatable bonds is 4. The normalized spacial score (nSPS) is 9.19. The van der Waals surface area contributed by atoms with Crippen molar-refractivity contribution in [2.24, 2.45) is 0 Å². The summed E-state index contributed by atoms with van der Waals surface area (Å²) in [6.45, 7) is 0. The van der Waals surface area contributed by atoms with Crippen molar-refractivity contribution in [3.8, 4) is 11.5 Å². The van der Waals surface area contributed by atoms with Crippen LogP contribution in [0.2, 0.25) is 0 Å². The van der Waals surface area contributed by atoms with Gasteiger partial charge in [-0.25, -0.2) is 4.39 Å². The molecule has 1 aromatic carbocycles. The van der Waals surface area contributed by atoms with Gasteiger partial charge in [-0.1, -0.05) is 0 Å². The molecule has 1 aromatic rings. The maximum Gasteiger partial charge on any atom is 0.307 e. The highest BCUT2D eigenvalue weighted by atomic mass is 35.5. The quantitative estimate of drug-likeness (QED) is 0.887. The minimum absolute atomic E-state index is 0. The van der Waals surface area contributed by atoms with E-state index in [1.54, 1.807) is 0 Å². The summed E-state index contributed by atoms with van der Waals surface area (Å²) in [6, 6.07) is 2.70. The van der Waals surface area contributed by atoms with E-state index in [4.69, 9.17) is 14.6 Å². The molecule has 0 saturated heterocycles. The van der Waals surface area contributed by atoms with Crippen LogP contribution in [-0.2, 0) is 11.2 Å². The van der Waals surface area contributed by atoms with Gasteiger partial charge in [-0.2, -0.15) is 0 Å². The SMILES string of the molecule is COc1cc(CC(=O)O)c(F)c(OC)c1.Cl. The van der Waals surface area contributed by atoms with Gasteiger partial charge in [0.15, 0.2) is 11.6 Å². The van der Waals surface area contributed by atoms with E-state index in [-0.39, 0.29) is 23.7 Å². The molecule has 16 heavy (non-hydrogen) atoms. The van der Waals surface area contributed by atoms with Gasteiger partial charge in [-0.05, 0) is 6.07 Å². The summed E-state index contributed by atoms with van der Waals surface area (Å²) in [4.78, 5) is 10.5. The molecule has 0 bridgehead atoms. The summed E-state index contributed by atoms with van der Waals surface area (Å²) < 4.78 is 23.2. The van der Waals surface area contributed by atoms with Gasteiger partial charge < -0.3 is 14.6 Å². The number of hydrogen-bond acceptors (Lipinski definition) is 3. The number of carboxylic acids is 1. The highest BCUT2D eigenvalue weighted by molar-refractivity contribution is 5.85. The van der Waals surface area contributed by atoms with Gasteiger partial charge in [0.05, 0.1) is 20.6 Å². The Morgan fingerprint density at radius 1 is 1.38 bits per heavy atom. The third-order valence-electron chi connectivity index (χ3n) is 1.89. The van der Waals surface area contributed by atoms with Crippen LogP contribution in [0.1, 0.15) is 5.56 Å². The van der Waals surface area contributed by atoms with Crippen molar-refractivity contribution < 1.29 is 23.8 Å². The molecule has 90 valence electrons. The molecule has 6 heteroatoms. The zero-order valence-corrected chi connectivity index (χ0v) is 9.64. The fourth-order valence-corrected chi connectivity index (χ4v) is 1.19. The maximum absolute atomic E-state index is 13.5. The smallest absolute Gasteiger partial charge is 0.307 e. The monoisotopic (exact) mass is 250 g/mol. The summed E-state index contributed by atoms with van der Waals surface area (Å²) in [6.07, 6.45) is -0.403. The van der Waals surface area contributed by atoms with Crippen molar-refractivity contribution in [3.05, 3.63) is 23.5 Å². The average Bonchev–Trinajstić information content (AvgIpc) is 2.20. The zero-order chi connectivity index (χ0) is 11.4. The van der Waals surface area contributed by atoms with Crippen LogP contribution in [0.4, 0.5) is 4.39 Å². The molecule has 0 unspecified atom stereocenters. The lowest BCUT2D eigenvalue weighted by molar-refractivity contribution is -0.136. The second-order valence-electron chi connectivity index (χ2n) is 2.87. The number of carbonyl (C=O) groups is 1. The van der Waals surface area contributed by atoms with E-state index in [1.807, 2.05) is 0 Å². The number of aliphatic carboxylic acids is 1. The molecule has 0 radical (unpaired) electrons. The summed E-state index contributed by atoms with van der Waals surface area (Å²) in [5, 5.41) is 8.57. The number of halogens is 2. The number of carboxylic acid groups (broad SMARTS) is 1. The van der Waals surface area contributed by atoms with Gasteiger partial charge in [0, 0.05) is 11.6 Å². The van der Waals surface area contributed by atoms with Crippen LogP contribution < -0.4 is 9.47 Å². The predicted octanol–water partition coefficient (Wildman–Crippen LogP) is 1.89. The minimum atomic E-state index is -1.11. The molecule has 0 aliphatic carbocycles. The Morgan fingerprint density at radius 3 is 2.44 bits per heavy atom. The molecule has 0 saturated carbocycles. The fourth-order valence-electron chi connectivity index (χ4n) is 1.19. The third kappa shape index (κ3) is 3.27. The lowest BCUT2D eigenvalue weighted by Crippen LogP contribution is -2.04. The second-order valence-corrected chi connectivity index (χ2v) is 2.87. The van der Waals surface area contributed by atoms with Crippen molar-refractivity contribution in [1.29, 1.82) is 0 Å². The van der Waals surface area contributed by atoms with Crippen molar-refractivity contribution in [2.75, 3.05) is 14.2 Å². The van der Waals surface area contributed by atoms with Crippen molar-refractivity contribution in [3.63, 3.8) is 0 Å². The van der Waals surface area contributed by atoms with E-state index in [2.05, 4.69) is 0 Å². The first kappa shape index (κ1) is 14.5. The van der Waals surface area contributed by atoms with Crippen LogP contribution in [0.5, 0.6) is 11.5 Å². The first-order chi connectivity index (χ1) is 7.08. The second kappa shape index (κ2) is 6.17. The highest BCUT2D eigenvalue weighted by Gasteiger charge is 2.14. The van der Waals surface area contributed by atoms with E-state index in [0.717, 1.165) is 0 Å². The van der Waals surface area contributed by atoms with Crippen LogP contribution in [0.15, 0.2) is 12.1 Å². The van der Waals surface area contributed by atoms with E-state index < -0.39 is 18.2 Å². The summed E-state index contributed by atoms with van der Waals surface area (Å²) >= 11 is 0. The number of methoxy groups -OCH3 is 2. The lowest BCUT2D eigenvalue weighted by atomic mass is 10.1. The molecule has 0 spiro atoms. The first-order valence-electron chi connectivity index (χ1n) is 4.20. The number of benzene rings is 1. The Balaban J connectivity index is 0.00000225. The van der Waals surface area contributed by atoms with E-state index in [0.29, 0.717) is 5.75 Å². The summed E-state index contributed by atoms with van der Waals surface area (Å²) in [5.74, 6) is -1.43. The Morgan fingerprint density at radius 2 is 2.00 bits per heavy atom. The molecule has 0 aliphatic heterocycles. The average molecular weight is 251 g/mol. The van der Waals surface area contributed by atoms with Crippen molar-refractivity contribution in [2.45, 2.75) is 6.42 Å². The van der Waals surface area contributed by atoms with Gasteiger partial charge in [-0.3, -0.25) is 4.79 Å². The van der Waals surface area contributed by atoms with E-state index in [9.17, 15) is 9.18 Å². The van der Waals surface area contributed by atoms with Gasteiger partial charge in [-0.15, -0.1) is 12.4 Å². The molecule has 0 heterocycles. The Hall–Kier alpha value is -1.49. The molecule has 4 nitrogen and oxygen atoms in total. The number of hydrogen-bond donors (Lipinski definition) is 1. The minimum Gasteiger partial charge on any atom is -0.497 e. The van der Waals surface area contributed by atoms with Crippen LogP contribution in [0, 0.1) is 5.82 Å². The Kier molecular flexibility index (Phi) is 5.60. The summed E-state index contributed by atoms with van der Waals surface area (Å²) in [5.41, 5.74) is 0.0405. The molecular weight excluding hydrogens is 239 g/mol. The Labute approximate surface area is 98.4 Å². The largest absolute Gasteiger partial charge is 0.497 e. The van der Waals surface area contributed by atoms with Gasteiger partial charge in [0.2, 0.25) is 0 Å². The summed E-state index contributed by atoms with van der Waals surface area (Å²) in [7, 11) is 2.72. The fraction of sp³-hybridized carbons (Fsp3) is 0.300. The first-order valence-corrected chi connectivity index (χ1v) is 4.20. The van der Waals surface area contributed by atoms with E-state index >= 15 is 0 Å². The topological polar surface area (TPSA) is 55.8 Å². The molecule has 0 aromatic heterocycles. The molecule has 0 atom stereocenters. The lowest BCUT2D eigenvalue weighted by Gasteiger charge is -2.08. The highest BCUT2D eigenvalue weighted by Crippen LogP contribution is 2.27. The van der Waals surface area contributed by atoms with Gasteiger partial charge >= 0.3 is 5.97 Å². The van der Waals surface area contributed by atoms with Gasteiger partial charge in [0.1, 0.15) is 5.75 Å². The molecule has 1 rings (SSSR count). The zero-order valence-electron chi connectivity index (χ0n) is 8.82. The standard InChI is InChI=1S/C10H11FO4.ClH/c1-14-7-3-6(4-9(12)13)10(11)8(5-7)15-2;/h3,5H,4H2,1-2H3,(H,12,13);1H.